The average Bonchev–Trinajstić information content (AvgIpc) is 3.31. The third-order valence-corrected chi connectivity index (χ3v) is 6.60. The van der Waals surface area contributed by atoms with Crippen molar-refractivity contribution in [2.75, 3.05) is 18.5 Å². The number of anilines is 1. The molecule has 0 bridgehead atoms. The van der Waals surface area contributed by atoms with Crippen LogP contribution in [0.25, 0.3) is 10.2 Å². The van der Waals surface area contributed by atoms with Crippen molar-refractivity contribution in [2.45, 2.75) is 32.7 Å². The summed E-state index contributed by atoms with van der Waals surface area (Å²) in [6, 6.07) is 7.75. The number of hydrogen-bond donors (Lipinski definition) is 1. The van der Waals surface area contributed by atoms with Crippen LogP contribution in [0.5, 0.6) is 5.75 Å². The molecule has 0 atom stereocenters. The van der Waals surface area contributed by atoms with Gasteiger partial charge in [0.05, 0.1) is 16.8 Å². The van der Waals surface area contributed by atoms with Gasteiger partial charge >= 0.3 is 0 Å². The van der Waals surface area contributed by atoms with Crippen LogP contribution >= 0.6 is 22.7 Å². The molecule has 1 aliphatic rings. The van der Waals surface area contributed by atoms with E-state index in [0.29, 0.717) is 18.3 Å². The lowest BCUT2D eigenvalue weighted by Crippen LogP contribution is -2.35. The number of thiazole rings is 1. The summed E-state index contributed by atoms with van der Waals surface area (Å²) in [4.78, 5) is 32.3. The number of hydrogen-bond acceptors (Lipinski definition) is 6. The van der Waals surface area contributed by atoms with Crippen LogP contribution in [0.2, 0.25) is 0 Å². The van der Waals surface area contributed by atoms with Crippen LogP contribution in [-0.4, -0.2) is 34.8 Å². The van der Waals surface area contributed by atoms with Crippen LogP contribution in [0.4, 0.5) is 5.13 Å². The maximum Gasteiger partial charge on any atom is 0.226 e. The van der Waals surface area contributed by atoms with Gasteiger partial charge in [-0.1, -0.05) is 11.3 Å². The fourth-order valence-electron chi connectivity index (χ4n) is 3.24. The molecule has 3 heterocycles. The number of fused-ring (bicyclic) bond motifs is 2. The highest BCUT2D eigenvalue weighted by Gasteiger charge is 2.22. The molecule has 1 N–H and O–H groups in total. The van der Waals surface area contributed by atoms with Gasteiger partial charge in [-0.25, -0.2) is 4.98 Å². The van der Waals surface area contributed by atoms with Gasteiger partial charge in [0.1, 0.15) is 5.75 Å². The molecule has 1 aromatic carbocycles. The summed E-state index contributed by atoms with van der Waals surface area (Å²) in [5, 5.41) is 5.43. The lowest BCUT2D eigenvalue weighted by Gasteiger charge is -2.27. The van der Waals surface area contributed by atoms with E-state index in [-0.39, 0.29) is 24.7 Å². The first kappa shape index (κ1) is 18.9. The Morgan fingerprint density at radius 2 is 2.18 bits per heavy atom. The zero-order valence-electron chi connectivity index (χ0n) is 15.6. The van der Waals surface area contributed by atoms with Crippen LogP contribution in [0.1, 0.15) is 30.2 Å². The van der Waals surface area contributed by atoms with Crippen molar-refractivity contribution >= 4 is 49.8 Å². The van der Waals surface area contributed by atoms with Crippen molar-refractivity contribution in [2.24, 2.45) is 0 Å². The Kier molecular flexibility index (Phi) is 5.59. The Labute approximate surface area is 171 Å². The molecule has 146 valence electrons. The molecule has 4 rings (SSSR count). The number of benzene rings is 1. The third kappa shape index (κ3) is 4.18. The van der Waals surface area contributed by atoms with Gasteiger partial charge in [-0.3, -0.25) is 9.59 Å². The molecular formula is C20H21N3O3S2. The van der Waals surface area contributed by atoms with E-state index in [1.165, 1.54) is 21.8 Å². The first-order valence-corrected chi connectivity index (χ1v) is 11.0. The van der Waals surface area contributed by atoms with Crippen LogP contribution in [-0.2, 0) is 22.6 Å². The van der Waals surface area contributed by atoms with Crippen molar-refractivity contribution in [3.63, 3.8) is 0 Å². The van der Waals surface area contributed by atoms with Crippen molar-refractivity contribution in [1.82, 2.24) is 9.88 Å². The van der Waals surface area contributed by atoms with E-state index in [1.807, 2.05) is 30.0 Å². The van der Waals surface area contributed by atoms with Crippen LogP contribution < -0.4 is 10.1 Å². The van der Waals surface area contributed by atoms with Gasteiger partial charge in [0.15, 0.2) is 5.13 Å². The Balaban J connectivity index is 1.31. The van der Waals surface area contributed by atoms with E-state index in [0.717, 1.165) is 28.9 Å². The first-order valence-electron chi connectivity index (χ1n) is 9.28. The predicted molar refractivity (Wildman–Crippen MR) is 112 cm³/mol. The summed E-state index contributed by atoms with van der Waals surface area (Å²) in [5.74, 6) is 0.626. The molecule has 28 heavy (non-hydrogen) atoms. The number of carbonyl (C=O) groups is 2. The Bertz CT molecular complexity index is 1010. The molecule has 0 radical (unpaired) electrons. The van der Waals surface area contributed by atoms with Crippen LogP contribution in [0, 0.1) is 0 Å². The summed E-state index contributed by atoms with van der Waals surface area (Å²) in [7, 11) is 0. The van der Waals surface area contributed by atoms with Gasteiger partial charge in [0.25, 0.3) is 0 Å². The molecule has 8 heteroatoms. The van der Waals surface area contributed by atoms with Gasteiger partial charge in [-0.2, -0.15) is 0 Å². The van der Waals surface area contributed by atoms with E-state index >= 15 is 0 Å². The Hall–Kier alpha value is -2.45. The lowest BCUT2D eigenvalue weighted by atomic mass is 10.1. The molecule has 6 nitrogen and oxygen atoms in total. The molecule has 0 saturated carbocycles. The fourth-order valence-corrected chi connectivity index (χ4v) is 5.04. The standard InChI is InChI=1S/C20H21N3O3S2/c1-2-26-14-3-4-15-17(11-14)28-20(21-15)22-18(24)5-6-19(25)23-9-7-16-13(12-23)8-10-27-16/h3-4,8,10-11H,2,5-7,9,12H2,1H3,(H,21,22,24). The third-order valence-electron chi connectivity index (χ3n) is 4.64. The molecular weight excluding hydrogens is 394 g/mol. The Morgan fingerprint density at radius 1 is 1.29 bits per heavy atom. The predicted octanol–water partition coefficient (Wildman–Crippen LogP) is 4.06. The summed E-state index contributed by atoms with van der Waals surface area (Å²) >= 11 is 3.15. The van der Waals surface area contributed by atoms with Gasteiger partial charge < -0.3 is 15.0 Å². The van der Waals surface area contributed by atoms with E-state index in [4.69, 9.17) is 4.74 Å². The second-order valence-corrected chi connectivity index (χ2v) is 8.60. The van der Waals surface area contributed by atoms with Crippen LogP contribution in [0.15, 0.2) is 29.6 Å². The van der Waals surface area contributed by atoms with E-state index in [2.05, 4.69) is 21.7 Å². The highest BCUT2D eigenvalue weighted by molar-refractivity contribution is 7.22. The van der Waals surface area contributed by atoms with Crippen molar-refractivity contribution in [3.05, 3.63) is 40.1 Å². The van der Waals surface area contributed by atoms with Gasteiger partial charge in [-0.15, -0.1) is 11.3 Å². The summed E-state index contributed by atoms with van der Waals surface area (Å²) < 4.78 is 6.45. The molecule has 0 unspecified atom stereocenters. The molecule has 0 aliphatic carbocycles. The van der Waals surface area contributed by atoms with Crippen molar-refractivity contribution in [1.29, 1.82) is 0 Å². The number of aromatic nitrogens is 1. The van der Waals surface area contributed by atoms with Gasteiger partial charge in [-0.05, 0) is 48.6 Å². The number of amides is 2. The number of rotatable bonds is 6. The van der Waals surface area contributed by atoms with E-state index in [9.17, 15) is 9.59 Å². The second-order valence-electron chi connectivity index (χ2n) is 6.56. The van der Waals surface area contributed by atoms with Crippen LogP contribution in [0.3, 0.4) is 0 Å². The zero-order chi connectivity index (χ0) is 19.5. The number of nitrogens with one attached hydrogen (secondary N) is 1. The van der Waals surface area contributed by atoms with Gasteiger partial charge in [0.2, 0.25) is 11.8 Å². The maximum absolute atomic E-state index is 12.4. The quantitative estimate of drug-likeness (QED) is 0.659. The SMILES string of the molecule is CCOc1ccc2nc(NC(=O)CCC(=O)N3CCc4sccc4C3)sc2c1. The summed E-state index contributed by atoms with van der Waals surface area (Å²) in [6.45, 7) is 3.92. The maximum atomic E-state index is 12.4. The van der Waals surface area contributed by atoms with E-state index < -0.39 is 0 Å². The smallest absolute Gasteiger partial charge is 0.226 e. The minimum Gasteiger partial charge on any atom is -0.494 e. The largest absolute Gasteiger partial charge is 0.494 e. The topological polar surface area (TPSA) is 71.5 Å². The number of ether oxygens (including phenoxy) is 1. The normalized spacial score (nSPS) is 13.4. The number of carbonyl (C=O) groups excluding carboxylic acids is 2. The molecule has 3 aromatic rings. The summed E-state index contributed by atoms with van der Waals surface area (Å²) in [6.07, 6.45) is 1.27. The number of thiophene rings is 1. The first-order chi connectivity index (χ1) is 13.6. The average molecular weight is 416 g/mol. The van der Waals surface area contributed by atoms with E-state index in [1.54, 1.807) is 11.3 Å². The summed E-state index contributed by atoms with van der Waals surface area (Å²) in [5.41, 5.74) is 2.05. The second kappa shape index (κ2) is 8.28. The zero-order valence-corrected chi connectivity index (χ0v) is 17.2. The lowest BCUT2D eigenvalue weighted by molar-refractivity contribution is -0.133. The highest BCUT2D eigenvalue weighted by Crippen LogP contribution is 2.29. The minimum atomic E-state index is -0.189. The molecule has 2 amide bonds. The monoisotopic (exact) mass is 415 g/mol. The van der Waals surface area contributed by atoms with Crippen molar-refractivity contribution < 1.29 is 14.3 Å². The molecule has 1 aliphatic heterocycles. The van der Waals surface area contributed by atoms with Crippen molar-refractivity contribution in [3.8, 4) is 5.75 Å². The Morgan fingerprint density at radius 3 is 3.04 bits per heavy atom. The molecule has 0 fully saturated rings. The molecule has 0 spiro atoms. The molecule has 0 saturated heterocycles. The minimum absolute atomic E-state index is 0.0256. The molecule has 2 aromatic heterocycles. The number of nitrogens with zero attached hydrogens (tertiary/aromatic N) is 2. The van der Waals surface area contributed by atoms with Gasteiger partial charge in [0, 0.05) is 30.8 Å². The highest BCUT2D eigenvalue weighted by atomic mass is 32.1. The fraction of sp³-hybridized carbons (Fsp3) is 0.350.